The summed E-state index contributed by atoms with van der Waals surface area (Å²) in [7, 11) is 0. The first-order chi connectivity index (χ1) is 13.7. The number of hydrogen-bond acceptors (Lipinski definition) is 3. The van der Waals surface area contributed by atoms with Crippen molar-refractivity contribution < 1.29 is 22.7 Å². The molecule has 0 spiro atoms. The lowest BCUT2D eigenvalue weighted by molar-refractivity contribution is -0.137. The molecule has 29 heavy (non-hydrogen) atoms. The largest absolute Gasteiger partial charge is 0.416 e. The SMILES string of the molecule is O=c1[nH]c(/C(=C/[C@H]2CCC(O)N2)c2ccc(C(F)(F)F)cc2F)ccc1C1CC1. The summed E-state index contributed by atoms with van der Waals surface area (Å²) in [5, 5.41) is 12.6. The first-order valence-corrected chi connectivity index (χ1v) is 9.49. The monoisotopic (exact) mass is 408 g/mol. The Morgan fingerprint density at radius 1 is 1.10 bits per heavy atom. The van der Waals surface area contributed by atoms with Crippen LogP contribution in [0.25, 0.3) is 5.57 Å². The normalized spacial score (nSPS) is 22.9. The van der Waals surface area contributed by atoms with E-state index in [1.807, 2.05) is 0 Å². The number of halogens is 4. The molecule has 8 heteroatoms. The molecule has 4 rings (SSSR count). The lowest BCUT2D eigenvalue weighted by Crippen LogP contribution is -2.27. The van der Waals surface area contributed by atoms with Gasteiger partial charge in [0.2, 0.25) is 0 Å². The number of aromatic amines is 1. The van der Waals surface area contributed by atoms with Gasteiger partial charge in [0.15, 0.2) is 0 Å². The first kappa shape index (κ1) is 19.8. The third-order valence-corrected chi connectivity index (χ3v) is 5.36. The van der Waals surface area contributed by atoms with Crippen LogP contribution in [0, 0.1) is 5.82 Å². The molecule has 2 atom stereocenters. The summed E-state index contributed by atoms with van der Waals surface area (Å²) in [6.45, 7) is 0. The van der Waals surface area contributed by atoms with Gasteiger partial charge in [-0.15, -0.1) is 0 Å². The highest BCUT2D eigenvalue weighted by Gasteiger charge is 2.32. The number of hydrogen-bond donors (Lipinski definition) is 3. The third kappa shape index (κ3) is 4.28. The fourth-order valence-corrected chi connectivity index (χ4v) is 3.68. The Kier molecular flexibility index (Phi) is 5.08. The van der Waals surface area contributed by atoms with E-state index in [0.29, 0.717) is 30.2 Å². The smallest absolute Gasteiger partial charge is 0.379 e. The van der Waals surface area contributed by atoms with Crippen molar-refractivity contribution in [3.8, 4) is 0 Å². The van der Waals surface area contributed by atoms with Crippen molar-refractivity contribution in [2.45, 2.75) is 50.0 Å². The van der Waals surface area contributed by atoms with Crippen molar-refractivity contribution in [2.24, 2.45) is 0 Å². The first-order valence-electron chi connectivity index (χ1n) is 9.49. The van der Waals surface area contributed by atoms with Crippen LogP contribution in [0.3, 0.4) is 0 Å². The summed E-state index contributed by atoms with van der Waals surface area (Å²) in [5.41, 5.74) is -0.136. The van der Waals surface area contributed by atoms with E-state index in [2.05, 4.69) is 10.3 Å². The summed E-state index contributed by atoms with van der Waals surface area (Å²) in [6.07, 6.45) is -0.736. The van der Waals surface area contributed by atoms with E-state index in [9.17, 15) is 27.5 Å². The fraction of sp³-hybridized carbons (Fsp3) is 0.381. The summed E-state index contributed by atoms with van der Waals surface area (Å²) in [5.74, 6) is -0.800. The van der Waals surface area contributed by atoms with E-state index in [-0.39, 0.29) is 28.7 Å². The van der Waals surface area contributed by atoms with E-state index in [1.165, 1.54) is 0 Å². The molecule has 3 N–H and O–H groups in total. The van der Waals surface area contributed by atoms with Crippen LogP contribution in [-0.4, -0.2) is 22.4 Å². The number of alkyl halides is 3. The topological polar surface area (TPSA) is 65.1 Å². The summed E-state index contributed by atoms with van der Waals surface area (Å²) >= 11 is 0. The number of pyridine rings is 1. The zero-order valence-corrected chi connectivity index (χ0v) is 15.4. The van der Waals surface area contributed by atoms with Crippen LogP contribution in [0.2, 0.25) is 0 Å². The Hall–Kier alpha value is -2.45. The minimum absolute atomic E-state index is 0.0454. The summed E-state index contributed by atoms with van der Waals surface area (Å²) < 4.78 is 53.4. The lowest BCUT2D eigenvalue weighted by atomic mass is 9.96. The third-order valence-electron chi connectivity index (χ3n) is 5.36. The van der Waals surface area contributed by atoms with Gasteiger partial charge in [0.25, 0.3) is 5.56 Å². The van der Waals surface area contributed by atoms with Crippen molar-refractivity contribution in [1.82, 2.24) is 10.3 Å². The molecular weight excluding hydrogens is 388 g/mol. The van der Waals surface area contributed by atoms with Crippen molar-refractivity contribution in [1.29, 1.82) is 0 Å². The van der Waals surface area contributed by atoms with Crippen LogP contribution in [0.4, 0.5) is 17.6 Å². The number of H-pyrrole nitrogens is 1. The minimum atomic E-state index is -4.65. The van der Waals surface area contributed by atoms with Gasteiger partial charge < -0.3 is 10.1 Å². The van der Waals surface area contributed by atoms with Gasteiger partial charge >= 0.3 is 6.18 Å². The molecule has 0 radical (unpaired) electrons. The van der Waals surface area contributed by atoms with Crippen LogP contribution in [0.15, 0.2) is 41.2 Å². The highest BCUT2D eigenvalue weighted by atomic mass is 19.4. The van der Waals surface area contributed by atoms with E-state index in [1.54, 1.807) is 18.2 Å². The predicted molar refractivity (Wildman–Crippen MR) is 99.7 cm³/mol. The molecule has 2 aromatic rings. The molecule has 4 nitrogen and oxygen atoms in total. The number of benzene rings is 1. The maximum absolute atomic E-state index is 14.7. The highest BCUT2D eigenvalue weighted by molar-refractivity contribution is 5.79. The Labute approximate surface area is 164 Å². The fourth-order valence-electron chi connectivity index (χ4n) is 3.68. The number of aromatic nitrogens is 1. The van der Waals surface area contributed by atoms with Gasteiger partial charge in [-0.1, -0.05) is 18.2 Å². The van der Waals surface area contributed by atoms with Crippen LogP contribution in [-0.2, 0) is 6.18 Å². The van der Waals surface area contributed by atoms with Crippen LogP contribution in [0.5, 0.6) is 0 Å². The van der Waals surface area contributed by atoms with Crippen LogP contribution in [0.1, 0.15) is 54.0 Å². The maximum Gasteiger partial charge on any atom is 0.416 e. The van der Waals surface area contributed by atoms with Crippen molar-refractivity contribution in [2.75, 3.05) is 0 Å². The molecule has 1 aromatic carbocycles. The Morgan fingerprint density at radius 2 is 1.86 bits per heavy atom. The predicted octanol–water partition coefficient (Wildman–Crippen LogP) is 3.91. The van der Waals surface area contributed by atoms with Crippen molar-refractivity contribution >= 4 is 5.57 Å². The molecule has 1 aliphatic heterocycles. The molecule has 2 aliphatic rings. The molecule has 2 fully saturated rings. The van der Waals surface area contributed by atoms with Gasteiger partial charge in [0.05, 0.1) is 5.56 Å². The zero-order valence-electron chi connectivity index (χ0n) is 15.4. The molecule has 1 saturated carbocycles. The number of aliphatic hydroxyl groups is 1. The molecule has 1 saturated heterocycles. The summed E-state index contributed by atoms with van der Waals surface area (Å²) in [6, 6.07) is 5.40. The molecule has 154 valence electrons. The van der Waals surface area contributed by atoms with Crippen molar-refractivity contribution in [3.05, 3.63) is 75.0 Å². The number of rotatable bonds is 4. The second-order valence-corrected chi connectivity index (χ2v) is 7.57. The average molecular weight is 408 g/mol. The number of aliphatic hydroxyl groups excluding tert-OH is 1. The van der Waals surface area contributed by atoms with Gasteiger partial charge in [0, 0.05) is 28.4 Å². The Morgan fingerprint density at radius 3 is 2.41 bits per heavy atom. The second kappa shape index (κ2) is 7.42. The summed E-state index contributed by atoms with van der Waals surface area (Å²) in [4.78, 5) is 15.2. The second-order valence-electron chi connectivity index (χ2n) is 7.57. The van der Waals surface area contributed by atoms with Gasteiger partial charge in [0.1, 0.15) is 12.0 Å². The van der Waals surface area contributed by atoms with Gasteiger partial charge in [-0.2, -0.15) is 13.2 Å². The molecular formula is C21H20F4N2O2. The standard InChI is InChI=1S/C21H20F4N2O2/c22-17-9-12(21(23,24)25)3-5-15(17)16(10-13-4-8-19(28)26-13)18-7-6-14(11-1-2-11)20(29)27-18/h3,5-7,9-11,13,19,26,28H,1-2,4,8H2,(H,27,29)/b16-10+/t13-,19?/m1/s1. The van der Waals surface area contributed by atoms with E-state index < -0.39 is 23.8 Å². The van der Waals surface area contributed by atoms with Gasteiger partial charge in [-0.05, 0) is 49.8 Å². The Bertz CT molecular complexity index is 1010. The molecule has 1 unspecified atom stereocenters. The molecule has 1 aliphatic carbocycles. The minimum Gasteiger partial charge on any atom is -0.379 e. The Balaban J connectivity index is 1.78. The molecule has 2 heterocycles. The lowest BCUT2D eigenvalue weighted by Gasteiger charge is -2.15. The van der Waals surface area contributed by atoms with E-state index in [4.69, 9.17) is 0 Å². The number of nitrogens with one attached hydrogen (secondary N) is 2. The van der Waals surface area contributed by atoms with E-state index >= 15 is 0 Å². The van der Waals surface area contributed by atoms with Crippen LogP contribution < -0.4 is 10.9 Å². The van der Waals surface area contributed by atoms with Crippen LogP contribution >= 0.6 is 0 Å². The quantitative estimate of drug-likeness (QED) is 0.672. The molecule has 0 bridgehead atoms. The highest BCUT2D eigenvalue weighted by Crippen LogP contribution is 2.38. The average Bonchev–Trinajstić information content (AvgIpc) is 3.41. The molecule has 1 aromatic heterocycles. The van der Waals surface area contributed by atoms with Gasteiger partial charge in [-0.3, -0.25) is 10.1 Å². The zero-order chi connectivity index (χ0) is 20.8. The van der Waals surface area contributed by atoms with E-state index in [0.717, 1.165) is 25.0 Å². The van der Waals surface area contributed by atoms with Crippen molar-refractivity contribution in [3.63, 3.8) is 0 Å². The maximum atomic E-state index is 14.7. The molecule has 0 amide bonds. The van der Waals surface area contributed by atoms with Gasteiger partial charge in [-0.25, -0.2) is 4.39 Å².